The molecule has 2 heterocycles. The molecule has 1 aliphatic carbocycles. The lowest BCUT2D eigenvalue weighted by molar-refractivity contribution is -0.139. The van der Waals surface area contributed by atoms with Crippen molar-refractivity contribution in [3.8, 4) is 0 Å². The van der Waals surface area contributed by atoms with Crippen LogP contribution in [0.4, 0.5) is 0 Å². The van der Waals surface area contributed by atoms with Crippen molar-refractivity contribution in [3.05, 3.63) is 12.2 Å². The van der Waals surface area contributed by atoms with Crippen LogP contribution in [-0.2, 0) is 11.8 Å². The average Bonchev–Trinajstić information content (AvgIpc) is 2.93. The average molecular weight is 291 g/mol. The fourth-order valence-corrected chi connectivity index (χ4v) is 3.75. The van der Waals surface area contributed by atoms with Crippen molar-refractivity contribution in [1.82, 2.24) is 19.7 Å². The maximum absolute atomic E-state index is 12.8. The Bertz CT molecular complexity index is 506. The molecule has 1 atom stereocenters. The van der Waals surface area contributed by atoms with Crippen LogP contribution in [-0.4, -0.2) is 44.2 Å². The Morgan fingerprint density at radius 1 is 1.33 bits per heavy atom. The van der Waals surface area contributed by atoms with E-state index in [2.05, 4.69) is 10.2 Å². The monoisotopic (exact) mass is 291 g/mol. The predicted octanol–water partition coefficient (Wildman–Crippen LogP) is 1.18. The number of nitrogens with two attached hydrogens (primary N) is 1. The summed E-state index contributed by atoms with van der Waals surface area (Å²) >= 11 is 0. The SMILES string of the molecule is Cn1cnnc1C1CCCN(C(=O)C2(N)CCCCC2)C1. The van der Waals surface area contributed by atoms with Crippen LogP contribution < -0.4 is 5.73 Å². The molecule has 0 radical (unpaired) electrons. The zero-order valence-electron chi connectivity index (χ0n) is 12.8. The number of hydrogen-bond acceptors (Lipinski definition) is 4. The Balaban J connectivity index is 1.71. The van der Waals surface area contributed by atoms with Gasteiger partial charge in [-0.05, 0) is 25.7 Å². The smallest absolute Gasteiger partial charge is 0.242 e. The summed E-state index contributed by atoms with van der Waals surface area (Å²) in [6, 6.07) is 0. The van der Waals surface area contributed by atoms with Gasteiger partial charge < -0.3 is 15.2 Å². The molecule has 1 aliphatic heterocycles. The normalized spacial score (nSPS) is 25.8. The Labute approximate surface area is 125 Å². The lowest BCUT2D eigenvalue weighted by Crippen LogP contribution is -2.57. The molecule has 1 saturated heterocycles. The van der Waals surface area contributed by atoms with Gasteiger partial charge >= 0.3 is 0 Å². The molecular formula is C15H25N5O. The summed E-state index contributed by atoms with van der Waals surface area (Å²) in [6.07, 6.45) is 8.81. The maximum Gasteiger partial charge on any atom is 0.242 e. The lowest BCUT2D eigenvalue weighted by atomic mass is 9.81. The third-order valence-corrected chi connectivity index (χ3v) is 4.99. The van der Waals surface area contributed by atoms with Crippen molar-refractivity contribution in [1.29, 1.82) is 0 Å². The maximum atomic E-state index is 12.8. The van der Waals surface area contributed by atoms with E-state index < -0.39 is 5.54 Å². The van der Waals surface area contributed by atoms with Crippen LogP contribution in [0.5, 0.6) is 0 Å². The number of piperidine rings is 1. The number of rotatable bonds is 2. The number of aryl methyl sites for hydroxylation is 1. The second-order valence-electron chi connectivity index (χ2n) is 6.61. The minimum absolute atomic E-state index is 0.147. The summed E-state index contributed by atoms with van der Waals surface area (Å²) in [5, 5.41) is 8.16. The van der Waals surface area contributed by atoms with E-state index in [9.17, 15) is 4.79 Å². The van der Waals surface area contributed by atoms with Crippen LogP contribution >= 0.6 is 0 Å². The van der Waals surface area contributed by atoms with Crippen LogP contribution in [0.15, 0.2) is 6.33 Å². The standard InChI is InChI=1S/C15H25N5O/c1-19-11-17-18-13(19)12-6-5-9-20(10-12)14(21)15(16)7-3-2-4-8-15/h11-12H,2-10,16H2,1H3. The third kappa shape index (κ3) is 2.81. The van der Waals surface area contributed by atoms with Gasteiger partial charge in [0.05, 0.1) is 5.54 Å². The summed E-state index contributed by atoms with van der Waals surface area (Å²) in [5.41, 5.74) is 5.78. The van der Waals surface area contributed by atoms with Crippen LogP contribution in [0.2, 0.25) is 0 Å². The van der Waals surface area contributed by atoms with E-state index in [1.54, 1.807) is 6.33 Å². The Hall–Kier alpha value is -1.43. The zero-order valence-corrected chi connectivity index (χ0v) is 12.8. The van der Waals surface area contributed by atoms with Crippen molar-refractivity contribution in [2.24, 2.45) is 12.8 Å². The van der Waals surface area contributed by atoms with Gasteiger partial charge in [0, 0.05) is 26.1 Å². The second kappa shape index (κ2) is 5.75. The fraction of sp³-hybridized carbons (Fsp3) is 0.800. The molecule has 1 aromatic heterocycles. The van der Waals surface area contributed by atoms with Crippen molar-refractivity contribution < 1.29 is 4.79 Å². The van der Waals surface area contributed by atoms with Gasteiger partial charge in [0.1, 0.15) is 12.2 Å². The van der Waals surface area contributed by atoms with E-state index in [0.29, 0.717) is 0 Å². The molecule has 0 aromatic carbocycles. The van der Waals surface area contributed by atoms with E-state index in [1.165, 1.54) is 6.42 Å². The molecule has 2 aliphatic rings. The highest BCUT2D eigenvalue weighted by atomic mass is 16.2. The third-order valence-electron chi connectivity index (χ3n) is 4.99. The number of amides is 1. The number of carbonyl (C=O) groups excluding carboxylic acids is 1. The zero-order chi connectivity index (χ0) is 14.9. The second-order valence-corrected chi connectivity index (χ2v) is 6.61. The van der Waals surface area contributed by atoms with E-state index in [1.807, 2.05) is 16.5 Å². The first-order valence-corrected chi connectivity index (χ1v) is 8.02. The van der Waals surface area contributed by atoms with E-state index in [0.717, 1.165) is 57.4 Å². The number of likely N-dealkylation sites (tertiary alicyclic amines) is 1. The molecule has 1 aromatic rings. The number of carbonyl (C=O) groups is 1. The summed E-state index contributed by atoms with van der Waals surface area (Å²) in [4.78, 5) is 14.8. The topological polar surface area (TPSA) is 77.0 Å². The number of aromatic nitrogens is 3. The van der Waals surface area contributed by atoms with Gasteiger partial charge in [-0.25, -0.2) is 0 Å². The molecule has 6 heteroatoms. The van der Waals surface area contributed by atoms with Gasteiger partial charge in [-0.3, -0.25) is 4.79 Å². The summed E-state index contributed by atoms with van der Waals surface area (Å²) in [7, 11) is 1.96. The molecule has 3 rings (SSSR count). The van der Waals surface area contributed by atoms with E-state index in [-0.39, 0.29) is 11.8 Å². The first-order chi connectivity index (χ1) is 10.1. The molecule has 0 bridgehead atoms. The number of nitrogens with zero attached hydrogens (tertiary/aromatic N) is 4. The first kappa shape index (κ1) is 14.5. The van der Waals surface area contributed by atoms with Crippen molar-refractivity contribution >= 4 is 5.91 Å². The van der Waals surface area contributed by atoms with Gasteiger partial charge in [-0.1, -0.05) is 19.3 Å². The van der Waals surface area contributed by atoms with Crippen molar-refractivity contribution in [2.75, 3.05) is 13.1 Å². The molecule has 2 N–H and O–H groups in total. The van der Waals surface area contributed by atoms with Crippen LogP contribution in [0.1, 0.15) is 56.7 Å². The fourth-order valence-electron chi connectivity index (χ4n) is 3.75. The predicted molar refractivity (Wildman–Crippen MR) is 79.6 cm³/mol. The van der Waals surface area contributed by atoms with Crippen LogP contribution in [0.3, 0.4) is 0 Å². The molecule has 1 amide bonds. The van der Waals surface area contributed by atoms with Crippen LogP contribution in [0, 0.1) is 0 Å². The van der Waals surface area contributed by atoms with Crippen molar-refractivity contribution in [3.63, 3.8) is 0 Å². The van der Waals surface area contributed by atoms with E-state index in [4.69, 9.17) is 5.73 Å². The molecule has 1 saturated carbocycles. The molecule has 1 unspecified atom stereocenters. The molecule has 21 heavy (non-hydrogen) atoms. The molecule has 0 spiro atoms. The largest absolute Gasteiger partial charge is 0.340 e. The molecular weight excluding hydrogens is 266 g/mol. The van der Waals surface area contributed by atoms with Gasteiger partial charge in [-0.2, -0.15) is 0 Å². The highest BCUT2D eigenvalue weighted by Crippen LogP contribution is 2.31. The molecule has 2 fully saturated rings. The van der Waals surface area contributed by atoms with Gasteiger partial charge in [-0.15, -0.1) is 10.2 Å². The number of hydrogen-bond donors (Lipinski definition) is 1. The summed E-state index contributed by atoms with van der Waals surface area (Å²) in [5.74, 6) is 1.40. The molecule has 6 nitrogen and oxygen atoms in total. The van der Waals surface area contributed by atoms with Crippen LogP contribution in [0.25, 0.3) is 0 Å². The van der Waals surface area contributed by atoms with Gasteiger partial charge in [0.25, 0.3) is 0 Å². The highest BCUT2D eigenvalue weighted by molar-refractivity contribution is 5.86. The van der Waals surface area contributed by atoms with E-state index >= 15 is 0 Å². The first-order valence-electron chi connectivity index (χ1n) is 8.02. The highest BCUT2D eigenvalue weighted by Gasteiger charge is 2.40. The summed E-state index contributed by atoms with van der Waals surface area (Å²) in [6.45, 7) is 1.55. The Morgan fingerprint density at radius 2 is 2.10 bits per heavy atom. The Morgan fingerprint density at radius 3 is 2.76 bits per heavy atom. The van der Waals surface area contributed by atoms with Gasteiger partial charge in [0.15, 0.2) is 0 Å². The quantitative estimate of drug-likeness (QED) is 0.887. The lowest BCUT2D eigenvalue weighted by Gasteiger charge is -2.40. The summed E-state index contributed by atoms with van der Waals surface area (Å²) < 4.78 is 1.96. The van der Waals surface area contributed by atoms with Crippen molar-refractivity contribution in [2.45, 2.75) is 56.4 Å². The molecule has 116 valence electrons. The van der Waals surface area contributed by atoms with Gasteiger partial charge in [0.2, 0.25) is 5.91 Å². The minimum Gasteiger partial charge on any atom is -0.340 e. The minimum atomic E-state index is -0.625. The Kier molecular flexibility index (Phi) is 3.97.